The van der Waals surface area contributed by atoms with Gasteiger partial charge in [0.05, 0.1) is 11.0 Å². The van der Waals surface area contributed by atoms with Gasteiger partial charge in [0.15, 0.2) is 0 Å². The molecule has 2 aromatic rings. The molecule has 0 aliphatic heterocycles. The van der Waals surface area contributed by atoms with Crippen molar-refractivity contribution in [1.82, 2.24) is 5.32 Å². The molecule has 0 radical (unpaired) electrons. The number of nitrogens with zero attached hydrogens (tertiary/aromatic N) is 1. The van der Waals surface area contributed by atoms with Crippen molar-refractivity contribution in [2.75, 3.05) is 5.32 Å². The smallest absolute Gasteiger partial charge is 0.285 e. The lowest BCUT2D eigenvalue weighted by Crippen LogP contribution is -2.30. The molecule has 0 fully saturated rings. The fraction of sp³-hybridized carbons (Fsp3) is 0.176. The molecule has 0 aromatic heterocycles. The molecule has 2 N–H and O–H groups in total. The number of nitro groups is 1. The van der Waals surface area contributed by atoms with Gasteiger partial charge < -0.3 is 10.6 Å². The van der Waals surface area contributed by atoms with Crippen LogP contribution in [-0.2, 0) is 0 Å². The van der Waals surface area contributed by atoms with Gasteiger partial charge in [0.2, 0.25) is 0 Å². The molecule has 0 saturated heterocycles. The van der Waals surface area contributed by atoms with E-state index >= 15 is 0 Å². The van der Waals surface area contributed by atoms with Crippen LogP contribution in [0.1, 0.15) is 34.6 Å². The van der Waals surface area contributed by atoms with E-state index in [2.05, 4.69) is 10.6 Å². The number of hydrogen-bond donors (Lipinski definition) is 2. The van der Waals surface area contributed by atoms with Gasteiger partial charge in [-0.25, -0.2) is 4.39 Å². The van der Waals surface area contributed by atoms with Gasteiger partial charge in [-0.1, -0.05) is 0 Å². The lowest BCUT2D eigenvalue weighted by atomic mass is 10.1. The van der Waals surface area contributed by atoms with E-state index in [-0.39, 0.29) is 17.5 Å². The van der Waals surface area contributed by atoms with E-state index < -0.39 is 22.3 Å². The topological polar surface area (TPSA) is 101 Å². The van der Waals surface area contributed by atoms with Crippen LogP contribution in [0.4, 0.5) is 15.8 Å². The van der Waals surface area contributed by atoms with Gasteiger partial charge in [-0.05, 0) is 50.2 Å². The molecule has 0 atom stereocenters. The molecule has 8 heteroatoms. The van der Waals surface area contributed by atoms with Crippen molar-refractivity contribution < 1.29 is 18.9 Å². The van der Waals surface area contributed by atoms with Crippen molar-refractivity contribution in [2.24, 2.45) is 0 Å². The third-order valence-corrected chi connectivity index (χ3v) is 3.23. The molecular formula is C17H16FN3O4. The van der Waals surface area contributed by atoms with Crippen molar-refractivity contribution in [2.45, 2.75) is 19.9 Å². The first kappa shape index (κ1) is 18.1. The van der Waals surface area contributed by atoms with Gasteiger partial charge in [-0.2, -0.15) is 0 Å². The van der Waals surface area contributed by atoms with Crippen LogP contribution in [0.15, 0.2) is 42.5 Å². The molecule has 0 spiro atoms. The van der Waals surface area contributed by atoms with Gasteiger partial charge in [-0.3, -0.25) is 19.7 Å². The number of nitro benzene ring substituents is 1. The highest BCUT2D eigenvalue weighted by atomic mass is 19.1. The van der Waals surface area contributed by atoms with Gasteiger partial charge in [0.1, 0.15) is 11.4 Å². The first-order valence-corrected chi connectivity index (χ1v) is 7.44. The highest BCUT2D eigenvalue weighted by molar-refractivity contribution is 6.07. The average molecular weight is 345 g/mol. The summed E-state index contributed by atoms with van der Waals surface area (Å²) in [6, 6.07) is 8.75. The van der Waals surface area contributed by atoms with Gasteiger partial charge in [-0.15, -0.1) is 0 Å². The van der Waals surface area contributed by atoms with Crippen LogP contribution in [-0.4, -0.2) is 22.8 Å². The Morgan fingerprint density at radius 1 is 1.08 bits per heavy atom. The number of hydrogen-bond acceptors (Lipinski definition) is 4. The summed E-state index contributed by atoms with van der Waals surface area (Å²) >= 11 is 0. The number of anilines is 1. The van der Waals surface area contributed by atoms with E-state index in [1.165, 1.54) is 24.3 Å². The van der Waals surface area contributed by atoms with E-state index in [1.54, 1.807) is 0 Å². The Labute approximate surface area is 143 Å². The maximum atomic E-state index is 13.1. The number of carbonyl (C=O) groups is 2. The summed E-state index contributed by atoms with van der Waals surface area (Å²) in [6.45, 7) is 3.67. The summed E-state index contributed by atoms with van der Waals surface area (Å²) in [5, 5.41) is 16.2. The minimum absolute atomic E-state index is 0.00842. The van der Waals surface area contributed by atoms with Crippen molar-refractivity contribution in [1.29, 1.82) is 0 Å². The van der Waals surface area contributed by atoms with Crippen molar-refractivity contribution in [3.8, 4) is 0 Å². The van der Waals surface area contributed by atoms with Crippen LogP contribution in [0.2, 0.25) is 0 Å². The third kappa shape index (κ3) is 4.60. The molecule has 0 heterocycles. The summed E-state index contributed by atoms with van der Waals surface area (Å²) in [5.41, 5.74) is -0.109. The molecular weight excluding hydrogens is 329 g/mol. The van der Waals surface area contributed by atoms with Crippen LogP contribution in [0, 0.1) is 15.9 Å². The van der Waals surface area contributed by atoms with E-state index in [0.29, 0.717) is 17.3 Å². The molecule has 0 bridgehead atoms. The second-order valence-corrected chi connectivity index (χ2v) is 5.58. The molecule has 2 aromatic carbocycles. The van der Waals surface area contributed by atoms with Gasteiger partial charge in [0, 0.05) is 17.3 Å². The number of halogens is 1. The maximum Gasteiger partial charge on any atom is 0.285 e. The molecule has 0 aliphatic rings. The lowest BCUT2D eigenvalue weighted by molar-refractivity contribution is -0.385. The Bertz CT molecular complexity index is 819. The van der Waals surface area contributed by atoms with E-state index in [0.717, 1.165) is 12.1 Å². The molecule has 0 unspecified atom stereocenters. The van der Waals surface area contributed by atoms with E-state index in [4.69, 9.17) is 0 Å². The lowest BCUT2D eigenvalue weighted by Gasteiger charge is -2.09. The Morgan fingerprint density at radius 2 is 1.72 bits per heavy atom. The summed E-state index contributed by atoms with van der Waals surface area (Å²) in [6.07, 6.45) is 0. The minimum Gasteiger partial charge on any atom is -0.350 e. The van der Waals surface area contributed by atoms with Crippen molar-refractivity contribution in [3.05, 3.63) is 69.5 Å². The molecule has 0 saturated carbocycles. The third-order valence-electron chi connectivity index (χ3n) is 3.23. The largest absolute Gasteiger partial charge is 0.350 e. The summed E-state index contributed by atoms with van der Waals surface area (Å²) < 4.78 is 13.1. The number of nitrogens with one attached hydrogen (secondary N) is 2. The monoisotopic (exact) mass is 345 g/mol. The predicted octanol–water partition coefficient (Wildman–Crippen LogP) is 3.12. The minimum atomic E-state index is -0.822. The number of amides is 2. The zero-order valence-corrected chi connectivity index (χ0v) is 13.6. The standard InChI is InChI=1S/C17H16FN3O4/c1-10(2)19-16(22)11-3-6-13(7-4-11)20-17(23)14-8-5-12(18)9-15(14)21(24)25/h3-10H,1-2H3,(H,19,22)(H,20,23). The zero-order valence-electron chi connectivity index (χ0n) is 13.6. The molecule has 130 valence electrons. The van der Waals surface area contributed by atoms with Gasteiger partial charge in [0.25, 0.3) is 17.5 Å². The highest BCUT2D eigenvalue weighted by Crippen LogP contribution is 2.21. The molecule has 7 nitrogen and oxygen atoms in total. The fourth-order valence-electron chi connectivity index (χ4n) is 2.10. The number of carbonyl (C=O) groups excluding carboxylic acids is 2. The fourth-order valence-corrected chi connectivity index (χ4v) is 2.10. The van der Waals surface area contributed by atoms with E-state index in [9.17, 15) is 24.1 Å². The van der Waals surface area contributed by atoms with Crippen molar-refractivity contribution in [3.63, 3.8) is 0 Å². The Morgan fingerprint density at radius 3 is 2.28 bits per heavy atom. The van der Waals surface area contributed by atoms with Crippen LogP contribution in [0.3, 0.4) is 0 Å². The maximum absolute atomic E-state index is 13.1. The van der Waals surface area contributed by atoms with Crippen LogP contribution in [0.5, 0.6) is 0 Å². The predicted molar refractivity (Wildman–Crippen MR) is 90.1 cm³/mol. The molecule has 2 amide bonds. The second-order valence-electron chi connectivity index (χ2n) is 5.58. The van der Waals surface area contributed by atoms with Crippen LogP contribution < -0.4 is 10.6 Å². The number of rotatable bonds is 5. The summed E-state index contributed by atoms with van der Waals surface area (Å²) in [4.78, 5) is 34.2. The highest BCUT2D eigenvalue weighted by Gasteiger charge is 2.21. The number of benzene rings is 2. The molecule has 25 heavy (non-hydrogen) atoms. The first-order chi connectivity index (χ1) is 11.8. The first-order valence-electron chi connectivity index (χ1n) is 7.44. The zero-order chi connectivity index (χ0) is 18.6. The quantitative estimate of drug-likeness (QED) is 0.642. The Balaban J connectivity index is 2.16. The van der Waals surface area contributed by atoms with E-state index in [1.807, 2.05) is 13.8 Å². The normalized spacial score (nSPS) is 10.4. The van der Waals surface area contributed by atoms with Gasteiger partial charge >= 0.3 is 0 Å². The molecule has 0 aliphatic carbocycles. The Kier molecular flexibility index (Phi) is 5.43. The Hall–Kier alpha value is -3.29. The van der Waals surface area contributed by atoms with Crippen LogP contribution >= 0.6 is 0 Å². The molecule has 2 rings (SSSR count). The van der Waals surface area contributed by atoms with Crippen molar-refractivity contribution >= 4 is 23.2 Å². The van der Waals surface area contributed by atoms with Crippen LogP contribution in [0.25, 0.3) is 0 Å². The average Bonchev–Trinajstić information content (AvgIpc) is 2.54. The second kappa shape index (κ2) is 7.52. The summed E-state index contributed by atoms with van der Waals surface area (Å²) in [5.74, 6) is -1.79. The SMILES string of the molecule is CC(C)NC(=O)c1ccc(NC(=O)c2ccc(F)cc2[N+](=O)[O-])cc1. The summed E-state index contributed by atoms with van der Waals surface area (Å²) in [7, 11) is 0.